The third-order valence-corrected chi connectivity index (χ3v) is 7.54. The lowest BCUT2D eigenvalue weighted by atomic mass is 9.97. The van der Waals surface area contributed by atoms with Crippen molar-refractivity contribution in [3.8, 4) is 11.8 Å². The predicted octanol–water partition coefficient (Wildman–Crippen LogP) is 2.80. The fraction of sp³-hybridized carbons (Fsp3) is 0.391. The van der Waals surface area contributed by atoms with Crippen molar-refractivity contribution in [2.24, 2.45) is 5.92 Å². The number of rotatable bonds is 7. The van der Waals surface area contributed by atoms with Crippen LogP contribution in [0.3, 0.4) is 0 Å². The molecule has 1 aliphatic rings. The first-order chi connectivity index (χ1) is 14.8. The van der Waals surface area contributed by atoms with Crippen LogP contribution in [-0.2, 0) is 14.8 Å². The number of hydrogen-bond acceptors (Lipinski definition) is 5. The number of hydrogen-bond donors (Lipinski definition) is 0. The SMILES string of the molecule is Cc1ccccc1OCCN(C)C(=O)C1CCN(S(=O)(=O)c2ccccc2C#N)CC1. The fourth-order valence-electron chi connectivity index (χ4n) is 3.70. The van der Waals surface area contributed by atoms with E-state index < -0.39 is 10.0 Å². The highest BCUT2D eigenvalue weighted by molar-refractivity contribution is 7.89. The lowest BCUT2D eigenvalue weighted by molar-refractivity contribution is -0.135. The van der Waals surface area contributed by atoms with Gasteiger partial charge < -0.3 is 9.64 Å². The van der Waals surface area contributed by atoms with Crippen LogP contribution in [0, 0.1) is 24.2 Å². The van der Waals surface area contributed by atoms with Gasteiger partial charge in [0.1, 0.15) is 18.4 Å². The first-order valence-corrected chi connectivity index (χ1v) is 11.7. The Labute approximate surface area is 183 Å². The number of aryl methyl sites for hydroxylation is 1. The summed E-state index contributed by atoms with van der Waals surface area (Å²) in [6.07, 6.45) is 0.908. The van der Waals surface area contributed by atoms with Gasteiger partial charge in [-0.05, 0) is 43.5 Å². The minimum atomic E-state index is -3.76. The number of piperidine rings is 1. The standard InChI is InChI=1S/C23H27N3O4S/c1-18-7-3-5-9-21(18)30-16-15-25(2)23(27)19-11-13-26(14-12-19)31(28,29)22-10-6-4-8-20(22)17-24/h3-10,19H,11-16H2,1-2H3. The van der Waals surface area contributed by atoms with E-state index in [2.05, 4.69) is 0 Å². The van der Waals surface area contributed by atoms with Crippen LogP contribution >= 0.6 is 0 Å². The summed E-state index contributed by atoms with van der Waals surface area (Å²) >= 11 is 0. The Balaban J connectivity index is 1.53. The molecule has 0 atom stereocenters. The Morgan fingerprint density at radius 2 is 1.81 bits per heavy atom. The van der Waals surface area contributed by atoms with Gasteiger partial charge in [0.15, 0.2) is 0 Å². The van der Waals surface area contributed by atoms with Crippen molar-refractivity contribution in [3.63, 3.8) is 0 Å². The lowest BCUT2D eigenvalue weighted by Crippen LogP contribution is -2.44. The van der Waals surface area contributed by atoms with Gasteiger partial charge >= 0.3 is 0 Å². The van der Waals surface area contributed by atoms with Gasteiger partial charge in [-0.15, -0.1) is 0 Å². The lowest BCUT2D eigenvalue weighted by Gasteiger charge is -2.32. The minimum absolute atomic E-state index is 0.00264. The van der Waals surface area contributed by atoms with Crippen LogP contribution in [-0.4, -0.2) is 56.8 Å². The average Bonchev–Trinajstić information content (AvgIpc) is 2.79. The number of nitriles is 1. The molecule has 1 amide bonds. The number of likely N-dealkylation sites (N-methyl/N-ethyl adjacent to an activating group) is 1. The van der Waals surface area contributed by atoms with Crippen LogP contribution in [0.4, 0.5) is 0 Å². The summed E-state index contributed by atoms with van der Waals surface area (Å²) in [4.78, 5) is 14.5. The van der Waals surface area contributed by atoms with Crippen LogP contribution in [0.15, 0.2) is 53.4 Å². The number of amides is 1. The molecule has 0 spiro atoms. The molecule has 0 bridgehead atoms. The number of benzene rings is 2. The van der Waals surface area contributed by atoms with Crippen LogP contribution in [0.5, 0.6) is 5.75 Å². The van der Waals surface area contributed by atoms with E-state index in [1.165, 1.54) is 16.4 Å². The Hall–Kier alpha value is -2.89. The van der Waals surface area contributed by atoms with E-state index in [4.69, 9.17) is 4.74 Å². The molecule has 7 nitrogen and oxygen atoms in total. The molecular formula is C23H27N3O4S. The second-order valence-electron chi connectivity index (χ2n) is 7.66. The molecule has 0 unspecified atom stereocenters. The van der Waals surface area contributed by atoms with E-state index in [1.54, 1.807) is 24.1 Å². The van der Waals surface area contributed by atoms with Crippen LogP contribution in [0.25, 0.3) is 0 Å². The summed E-state index contributed by atoms with van der Waals surface area (Å²) in [5.74, 6) is 0.587. The highest BCUT2D eigenvalue weighted by Crippen LogP contribution is 2.26. The third kappa shape index (κ3) is 5.24. The van der Waals surface area contributed by atoms with Crippen molar-refractivity contribution in [2.75, 3.05) is 33.3 Å². The molecule has 2 aromatic rings. The van der Waals surface area contributed by atoms with Gasteiger partial charge in [-0.3, -0.25) is 4.79 Å². The molecular weight excluding hydrogens is 414 g/mol. The molecule has 2 aromatic carbocycles. The Morgan fingerprint density at radius 3 is 2.48 bits per heavy atom. The topological polar surface area (TPSA) is 90.7 Å². The Kier molecular flexibility index (Phi) is 7.31. The Bertz CT molecular complexity index is 1070. The minimum Gasteiger partial charge on any atom is -0.491 e. The summed E-state index contributed by atoms with van der Waals surface area (Å²) in [7, 11) is -2.01. The molecule has 1 heterocycles. The molecule has 8 heteroatoms. The molecule has 1 saturated heterocycles. The zero-order valence-electron chi connectivity index (χ0n) is 17.8. The van der Waals surface area contributed by atoms with Crippen molar-refractivity contribution < 1.29 is 17.9 Å². The van der Waals surface area contributed by atoms with Gasteiger partial charge in [0, 0.05) is 26.1 Å². The normalized spacial score (nSPS) is 15.3. The molecule has 1 aliphatic heterocycles. The summed E-state index contributed by atoms with van der Waals surface area (Å²) in [5.41, 5.74) is 1.18. The maximum atomic E-state index is 12.9. The van der Waals surface area contributed by atoms with Crippen LogP contribution < -0.4 is 4.74 Å². The monoisotopic (exact) mass is 441 g/mol. The molecule has 0 aromatic heterocycles. The van der Waals surface area contributed by atoms with E-state index >= 15 is 0 Å². The molecule has 3 rings (SSSR count). The molecule has 31 heavy (non-hydrogen) atoms. The maximum absolute atomic E-state index is 12.9. The van der Waals surface area contributed by atoms with Gasteiger partial charge in [0.2, 0.25) is 15.9 Å². The van der Waals surface area contributed by atoms with Gasteiger partial charge in [0.05, 0.1) is 17.0 Å². The average molecular weight is 442 g/mol. The van der Waals surface area contributed by atoms with E-state index in [1.807, 2.05) is 37.3 Å². The molecule has 0 N–H and O–H groups in total. The summed E-state index contributed by atoms with van der Waals surface area (Å²) in [6, 6.07) is 15.9. The van der Waals surface area contributed by atoms with Crippen molar-refractivity contribution in [1.82, 2.24) is 9.21 Å². The van der Waals surface area contributed by atoms with Crippen molar-refractivity contribution in [2.45, 2.75) is 24.7 Å². The number of carbonyl (C=O) groups is 1. The van der Waals surface area contributed by atoms with E-state index in [0.717, 1.165) is 11.3 Å². The number of ether oxygens (including phenoxy) is 1. The number of para-hydroxylation sites is 1. The third-order valence-electron chi connectivity index (χ3n) is 5.58. The Morgan fingerprint density at radius 1 is 1.16 bits per heavy atom. The molecule has 0 aliphatic carbocycles. The molecule has 0 saturated carbocycles. The highest BCUT2D eigenvalue weighted by Gasteiger charge is 2.34. The quantitative estimate of drug-likeness (QED) is 0.659. The van der Waals surface area contributed by atoms with Crippen molar-refractivity contribution in [3.05, 3.63) is 59.7 Å². The fourth-order valence-corrected chi connectivity index (χ4v) is 5.31. The maximum Gasteiger partial charge on any atom is 0.244 e. The summed E-state index contributed by atoms with van der Waals surface area (Å²) in [5, 5.41) is 9.22. The molecule has 0 radical (unpaired) electrons. The predicted molar refractivity (Wildman–Crippen MR) is 117 cm³/mol. The largest absolute Gasteiger partial charge is 0.491 e. The number of carbonyl (C=O) groups excluding carboxylic acids is 1. The van der Waals surface area contributed by atoms with Gasteiger partial charge in [-0.25, -0.2) is 8.42 Å². The van der Waals surface area contributed by atoms with Crippen LogP contribution in [0.2, 0.25) is 0 Å². The zero-order valence-corrected chi connectivity index (χ0v) is 18.6. The van der Waals surface area contributed by atoms with E-state index in [-0.39, 0.29) is 35.4 Å². The van der Waals surface area contributed by atoms with E-state index in [9.17, 15) is 18.5 Å². The summed E-state index contributed by atoms with van der Waals surface area (Å²) < 4.78 is 33.0. The highest BCUT2D eigenvalue weighted by atomic mass is 32.2. The molecule has 164 valence electrons. The van der Waals surface area contributed by atoms with Gasteiger partial charge in [-0.2, -0.15) is 9.57 Å². The second kappa shape index (κ2) is 9.94. The molecule has 1 fully saturated rings. The van der Waals surface area contributed by atoms with E-state index in [0.29, 0.717) is 26.0 Å². The van der Waals surface area contributed by atoms with Crippen molar-refractivity contribution >= 4 is 15.9 Å². The van der Waals surface area contributed by atoms with Gasteiger partial charge in [0.25, 0.3) is 0 Å². The zero-order chi connectivity index (χ0) is 22.4. The number of nitrogens with zero attached hydrogens (tertiary/aromatic N) is 3. The smallest absolute Gasteiger partial charge is 0.244 e. The first-order valence-electron chi connectivity index (χ1n) is 10.3. The first kappa shape index (κ1) is 22.8. The van der Waals surface area contributed by atoms with Gasteiger partial charge in [-0.1, -0.05) is 30.3 Å². The van der Waals surface area contributed by atoms with Crippen LogP contribution in [0.1, 0.15) is 24.0 Å². The number of sulfonamides is 1. The summed E-state index contributed by atoms with van der Waals surface area (Å²) in [6.45, 7) is 3.34. The van der Waals surface area contributed by atoms with Crippen molar-refractivity contribution in [1.29, 1.82) is 5.26 Å². The second-order valence-corrected chi connectivity index (χ2v) is 9.57.